The summed E-state index contributed by atoms with van der Waals surface area (Å²) in [6, 6.07) is 78.4. The van der Waals surface area contributed by atoms with Gasteiger partial charge in [-0.15, -0.1) is 0 Å². The molecule has 0 radical (unpaired) electrons. The topological polar surface area (TPSA) is 6.48 Å². The van der Waals surface area contributed by atoms with Crippen molar-refractivity contribution in [3.05, 3.63) is 285 Å². The molecule has 2 nitrogen and oxygen atoms in total. The lowest BCUT2D eigenvalue weighted by Gasteiger charge is -2.29. The summed E-state index contributed by atoms with van der Waals surface area (Å²) in [5, 5.41) is 0. The van der Waals surface area contributed by atoms with E-state index in [1.54, 1.807) is 0 Å². The maximum atomic E-state index is 2.41. The molecule has 9 aromatic carbocycles. The average molecular weight is 905 g/mol. The van der Waals surface area contributed by atoms with Gasteiger partial charge in [-0.3, -0.25) is 0 Å². The van der Waals surface area contributed by atoms with Gasteiger partial charge in [0, 0.05) is 22.7 Å². The molecule has 9 rings (SSSR count). The van der Waals surface area contributed by atoms with Gasteiger partial charge in [0.1, 0.15) is 0 Å². The zero-order valence-electron chi connectivity index (χ0n) is 40.7. The van der Waals surface area contributed by atoms with Crippen LogP contribution in [0.3, 0.4) is 0 Å². The van der Waals surface area contributed by atoms with E-state index in [1.807, 2.05) is 12.1 Å². The van der Waals surface area contributed by atoms with Crippen molar-refractivity contribution >= 4 is 82.7 Å². The second kappa shape index (κ2) is 22.6. The molecule has 0 heterocycles. The Kier molecular flexibility index (Phi) is 15.0. The molecule has 342 valence electrons. The molecule has 9 aromatic rings. The SMILES string of the molecule is CCc1cccc(C)c1N(c1ccc(/C=C/c2ccccc2)cc1)c1ccc(/C=C/c2ccccc2/C=C/c2ccc(N(c3ccc(/C=C/c4ccccc4)cc3)c3c(C)cccc3CC)cc2)cc1. The van der Waals surface area contributed by atoms with Crippen LogP contribution in [0.5, 0.6) is 0 Å². The van der Waals surface area contributed by atoms with Gasteiger partial charge in [0.25, 0.3) is 0 Å². The first kappa shape index (κ1) is 46.6. The van der Waals surface area contributed by atoms with Crippen LogP contribution < -0.4 is 9.80 Å². The number of anilines is 6. The van der Waals surface area contributed by atoms with Crippen LogP contribution in [0.15, 0.2) is 218 Å². The minimum atomic E-state index is 0.946. The van der Waals surface area contributed by atoms with Crippen LogP contribution in [-0.4, -0.2) is 0 Å². The summed E-state index contributed by atoms with van der Waals surface area (Å²) in [6.45, 7) is 8.90. The molecule has 70 heavy (non-hydrogen) atoms. The predicted molar refractivity (Wildman–Crippen MR) is 306 cm³/mol. The van der Waals surface area contributed by atoms with Crippen molar-refractivity contribution in [1.29, 1.82) is 0 Å². The Hall–Kier alpha value is -8.46. The van der Waals surface area contributed by atoms with Crippen LogP contribution in [-0.2, 0) is 12.8 Å². The molecule has 2 heteroatoms. The number of rotatable bonds is 16. The first-order valence-corrected chi connectivity index (χ1v) is 24.5. The van der Waals surface area contributed by atoms with E-state index < -0.39 is 0 Å². The zero-order chi connectivity index (χ0) is 48.1. The van der Waals surface area contributed by atoms with Gasteiger partial charge in [-0.2, -0.15) is 0 Å². The van der Waals surface area contributed by atoms with Crippen molar-refractivity contribution < 1.29 is 0 Å². The van der Waals surface area contributed by atoms with Crippen LogP contribution >= 0.6 is 0 Å². The molecule has 0 aromatic heterocycles. The molecule has 0 unspecified atom stereocenters. The molecular formula is C68H60N2. The Morgan fingerprint density at radius 2 is 0.543 bits per heavy atom. The number of para-hydroxylation sites is 2. The van der Waals surface area contributed by atoms with Gasteiger partial charge in [-0.1, -0.05) is 232 Å². The van der Waals surface area contributed by atoms with E-state index in [0.29, 0.717) is 0 Å². The highest BCUT2D eigenvalue weighted by Gasteiger charge is 2.19. The second-order valence-electron chi connectivity index (χ2n) is 17.7. The molecular weight excluding hydrogens is 845 g/mol. The van der Waals surface area contributed by atoms with E-state index in [-0.39, 0.29) is 0 Å². The fourth-order valence-corrected chi connectivity index (χ4v) is 9.10. The van der Waals surface area contributed by atoms with E-state index in [9.17, 15) is 0 Å². The minimum Gasteiger partial charge on any atom is -0.310 e. The van der Waals surface area contributed by atoms with Gasteiger partial charge >= 0.3 is 0 Å². The van der Waals surface area contributed by atoms with Crippen LogP contribution in [0.1, 0.15) is 80.6 Å². The van der Waals surface area contributed by atoms with Crippen molar-refractivity contribution in [2.75, 3.05) is 9.80 Å². The fraction of sp³-hybridized carbons (Fsp3) is 0.0882. The summed E-state index contributed by atoms with van der Waals surface area (Å²) in [6.07, 6.45) is 19.5. The summed E-state index contributed by atoms with van der Waals surface area (Å²) in [7, 11) is 0. The highest BCUT2D eigenvalue weighted by molar-refractivity contribution is 5.85. The van der Waals surface area contributed by atoms with Gasteiger partial charge in [0.05, 0.1) is 11.4 Å². The van der Waals surface area contributed by atoms with Crippen molar-refractivity contribution in [2.24, 2.45) is 0 Å². The second-order valence-corrected chi connectivity index (χ2v) is 17.7. The summed E-state index contributed by atoms with van der Waals surface area (Å²) < 4.78 is 0. The summed E-state index contributed by atoms with van der Waals surface area (Å²) in [4.78, 5) is 4.82. The Morgan fingerprint density at radius 3 is 0.843 bits per heavy atom. The van der Waals surface area contributed by atoms with E-state index >= 15 is 0 Å². The summed E-state index contributed by atoms with van der Waals surface area (Å²) in [5.41, 5.74) is 21.5. The largest absolute Gasteiger partial charge is 0.310 e. The fourth-order valence-electron chi connectivity index (χ4n) is 9.10. The van der Waals surface area contributed by atoms with Crippen molar-refractivity contribution in [3.63, 3.8) is 0 Å². The molecule has 0 N–H and O–H groups in total. The van der Waals surface area contributed by atoms with Crippen molar-refractivity contribution in [3.8, 4) is 0 Å². The lowest BCUT2D eigenvalue weighted by atomic mass is 10.0. The van der Waals surface area contributed by atoms with Gasteiger partial charge in [0.2, 0.25) is 0 Å². The van der Waals surface area contributed by atoms with E-state index in [0.717, 1.165) is 57.8 Å². The smallest absolute Gasteiger partial charge is 0.0522 e. The monoisotopic (exact) mass is 904 g/mol. The number of hydrogen-bond acceptors (Lipinski definition) is 2. The third-order valence-electron chi connectivity index (χ3n) is 12.9. The van der Waals surface area contributed by atoms with E-state index in [2.05, 4.69) is 292 Å². The van der Waals surface area contributed by atoms with Crippen molar-refractivity contribution in [2.45, 2.75) is 40.5 Å². The quantitative estimate of drug-likeness (QED) is 0.0892. The first-order chi connectivity index (χ1) is 34.4. The lowest BCUT2D eigenvalue weighted by molar-refractivity contribution is 1.10. The van der Waals surface area contributed by atoms with Gasteiger partial charge in [-0.05, 0) is 142 Å². The predicted octanol–water partition coefficient (Wildman–Crippen LogP) is 19.0. The van der Waals surface area contributed by atoms with Crippen LogP contribution in [0.4, 0.5) is 34.1 Å². The Morgan fingerprint density at radius 1 is 0.271 bits per heavy atom. The number of nitrogens with zero attached hydrogens (tertiary/aromatic N) is 2. The van der Waals surface area contributed by atoms with Gasteiger partial charge in [-0.25, -0.2) is 0 Å². The number of benzene rings is 9. The third-order valence-corrected chi connectivity index (χ3v) is 12.9. The molecule has 0 fully saturated rings. The summed E-state index contributed by atoms with van der Waals surface area (Å²) in [5.74, 6) is 0. The highest BCUT2D eigenvalue weighted by atomic mass is 15.2. The minimum absolute atomic E-state index is 0.946. The van der Waals surface area contributed by atoms with Crippen LogP contribution in [0, 0.1) is 13.8 Å². The Bertz CT molecular complexity index is 3020. The molecule has 0 bridgehead atoms. The normalized spacial score (nSPS) is 11.6. The van der Waals surface area contributed by atoms with E-state index in [1.165, 1.54) is 55.9 Å². The number of aryl methyl sites for hydroxylation is 4. The van der Waals surface area contributed by atoms with Crippen LogP contribution in [0.25, 0.3) is 48.6 Å². The Balaban J connectivity index is 0.939. The molecule has 0 aliphatic carbocycles. The van der Waals surface area contributed by atoms with Gasteiger partial charge in [0.15, 0.2) is 0 Å². The highest BCUT2D eigenvalue weighted by Crippen LogP contribution is 2.41. The Labute approximate surface area is 416 Å². The molecule has 0 aliphatic rings. The molecule has 0 spiro atoms. The first-order valence-electron chi connectivity index (χ1n) is 24.5. The van der Waals surface area contributed by atoms with Crippen LogP contribution in [0.2, 0.25) is 0 Å². The zero-order valence-corrected chi connectivity index (χ0v) is 40.7. The molecule has 0 aliphatic heterocycles. The molecule has 0 saturated carbocycles. The van der Waals surface area contributed by atoms with Gasteiger partial charge < -0.3 is 9.80 Å². The maximum Gasteiger partial charge on any atom is 0.0522 e. The average Bonchev–Trinajstić information content (AvgIpc) is 3.41. The standard InChI is InChI=1S/C68H60N2/c1-5-59-25-15-17-51(3)67(59)69(63-43-33-55(34-44-63)29-27-53-19-9-7-10-20-53)65-47-37-57(38-48-65)31-41-61-23-13-14-24-62(61)42-32-58-39-49-66(50-40-58)70(68-52(4)18-16-26-60(68)6-2)64-45-35-56(36-46-64)30-28-54-21-11-8-12-22-54/h7-50H,5-6H2,1-4H3/b29-27+,30-28+,41-31+,42-32+. The summed E-state index contributed by atoms with van der Waals surface area (Å²) >= 11 is 0. The maximum absolute atomic E-state index is 2.41. The lowest BCUT2D eigenvalue weighted by Crippen LogP contribution is -2.13. The number of hydrogen-bond donors (Lipinski definition) is 0. The molecule has 0 atom stereocenters. The van der Waals surface area contributed by atoms with Crippen molar-refractivity contribution in [1.82, 2.24) is 0 Å². The molecule has 0 amide bonds. The van der Waals surface area contributed by atoms with E-state index in [4.69, 9.17) is 0 Å². The third kappa shape index (κ3) is 11.3. The molecule has 0 saturated heterocycles.